The fourth-order valence-electron chi connectivity index (χ4n) is 14.2. The quantitative estimate of drug-likeness (QED) is 0.0307. The first-order chi connectivity index (χ1) is 42.5. The van der Waals surface area contributed by atoms with Crippen LogP contribution in [0, 0.1) is 23.7 Å². The summed E-state index contributed by atoms with van der Waals surface area (Å²) in [6, 6.07) is 0. The Morgan fingerprint density at radius 2 is 0.989 bits per heavy atom. The summed E-state index contributed by atoms with van der Waals surface area (Å²) in [5.41, 5.74) is 0. The first-order valence-corrected chi connectivity index (χ1v) is 31.3. The Morgan fingerprint density at radius 1 is 0.483 bits per heavy atom. The van der Waals surface area contributed by atoms with Crippen LogP contribution < -0.4 is 0 Å². The van der Waals surface area contributed by atoms with Gasteiger partial charge in [0.2, 0.25) is 0 Å². The number of methoxy groups -OCH3 is 2. The maximum Gasteiger partial charge on any atom is 0.330 e. The number of aliphatic hydroxyl groups excluding tert-OH is 15. The van der Waals surface area contributed by atoms with Crippen LogP contribution in [0.3, 0.4) is 0 Å². The molecule has 4 aliphatic carbocycles. The number of aliphatic hydroxyl groups is 17. The van der Waals surface area contributed by atoms with E-state index in [1.807, 2.05) is 0 Å². The van der Waals surface area contributed by atoms with Gasteiger partial charge in [-0.25, -0.2) is 9.59 Å². The monoisotopic (exact) mass is 1280 g/mol. The van der Waals surface area contributed by atoms with Gasteiger partial charge in [-0.05, 0) is 89.4 Å². The molecule has 0 radical (unpaired) electrons. The topological polar surface area (TPSA) is 461 Å². The molecule has 0 aromatic rings. The fraction of sp³-hybridized carbons (Fsp3) is 0.898. The molecular formula is C59H95O30+. The van der Waals surface area contributed by atoms with Crippen LogP contribution in [-0.2, 0) is 66.4 Å². The maximum absolute atomic E-state index is 13.2. The van der Waals surface area contributed by atoms with Gasteiger partial charge in [0.1, 0.15) is 104 Å². The molecule has 30 nitrogen and oxygen atoms in total. The van der Waals surface area contributed by atoms with E-state index in [1.54, 1.807) is 12.2 Å². The number of fused-ring (bicyclic) bond motifs is 1. The minimum absolute atomic E-state index is 0.0133. The van der Waals surface area contributed by atoms with Crippen molar-refractivity contribution in [1.29, 1.82) is 0 Å². The summed E-state index contributed by atoms with van der Waals surface area (Å²) < 4.78 is 75.6. The summed E-state index contributed by atoms with van der Waals surface area (Å²) in [7, 11) is 2.89. The van der Waals surface area contributed by atoms with Gasteiger partial charge >= 0.3 is 11.9 Å². The van der Waals surface area contributed by atoms with Crippen LogP contribution in [0.25, 0.3) is 0 Å². The highest BCUT2D eigenvalue weighted by Gasteiger charge is 2.58. The van der Waals surface area contributed by atoms with Gasteiger partial charge in [0.25, 0.3) is 0 Å². The molecule has 0 aromatic carbocycles. The maximum atomic E-state index is 13.2. The highest BCUT2D eigenvalue weighted by Crippen LogP contribution is 2.45. The van der Waals surface area contributed by atoms with E-state index in [1.165, 1.54) is 33.3 Å². The summed E-state index contributed by atoms with van der Waals surface area (Å²) in [4.78, 5) is 25.6. The predicted molar refractivity (Wildman–Crippen MR) is 297 cm³/mol. The van der Waals surface area contributed by atoms with Crippen molar-refractivity contribution in [3.8, 4) is 0 Å². The Hall–Kier alpha value is -2.62. The van der Waals surface area contributed by atoms with Crippen molar-refractivity contribution < 1.29 is 148 Å². The van der Waals surface area contributed by atoms with Crippen LogP contribution >= 0.6 is 0 Å². The smallest absolute Gasteiger partial charge is 0.330 e. The molecule has 0 spiro atoms. The number of hydrogen-bond acceptors (Lipinski definition) is 29. The SMILES string of the molecule is COC1CC(C2[OH+]C3CC(O)CC(O[C@H]4O[C@@H](CO)[C@H](O)[C@@H](O)[C@H]4O)C3CC2O[C@H]2O[C@@H](CO[C@H]3O[C@H](C)[C@H](OC(=O)C=CC4CCC(O[C@H]5O[C@@H](COC(=O)C=CC6CCC(O)CC6)[C@H](O)[C@@H](O)[C@@H]5O)CC4)[C@@H](O)[C@@H]3O)[C@H](O)[C@@H](O)[C@@H]2O)CC(OC)C1O. The second kappa shape index (κ2) is 31.7. The molecule has 0 aromatic heterocycles. The minimum atomic E-state index is -1.89. The van der Waals surface area contributed by atoms with Crippen molar-refractivity contribution in [2.75, 3.05) is 34.0 Å². The molecule has 0 bridgehead atoms. The second-order valence-electron chi connectivity index (χ2n) is 25.6. The van der Waals surface area contributed by atoms with Crippen molar-refractivity contribution in [2.24, 2.45) is 23.7 Å². The molecule has 8 unspecified atom stereocenters. The number of rotatable bonds is 20. The second-order valence-corrected chi connectivity index (χ2v) is 25.6. The molecule has 9 rings (SSSR count). The molecule has 5 heterocycles. The predicted octanol–water partition coefficient (Wildman–Crippen LogP) is -5.41. The van der Waals surface area contributed by atoms with Gasteiger partial charge in [-0.3, -0.25) is 0 Å². The van der Waals surface area contributed by atoms with Gasteiger partial charge in [0.15, 0.2) is 43.5 Å². The zero-order valence-corrected chi connectivity index (χ0v) is 50.1. The van der Waals surface area contributed by atoms with Gasteiger partial charge in [-0.2, -0.15) is 0 Å². The Kier molecular flexibility index (Phi) is 25.2. The molecule has 28 atom stereocenters. The highest BCUT2D eigenvalue weighted by atomic mass is 16.7. The molecular weight excluding hydrogens is 1190 g/mol. The normalized spacial score (nSPS) is 49.3. The first kappa shape index (κ1) is 70.7. The lowest BCUT2D eigenvalue weighted by molar-refractivity contribution is -0.371. The zero-order valence-electron chi connectivity index (χ0n) is 50.1. The summed E-state index contributed by atoms with van der Waals surface area (Å²) >= 11 is 0. The van der Waals surface area contributed by atoms with E-state index in [2.05, 4.69) is 0 Å². The van der Waals surface area contributed by atoms with E-state index in [9.17, 15) is 86.2 Å². The lowest BCUT2D eigenvalue weighted by Crippen LogP contribution is -2.65. The van der Waals surface area contributed by atoms with E-state index in [0.717, 1.165) is 12.8 Å². The van der Waals surface area contributed by atoms with Crippen LogP contribution in [0.5, 0.6) is 0 Å². The van der Waals surface area contributed by atoms with Gasteiger partial charge in [0, 0.05) is 45.1 Å². The molecule has 5 saturated heterocycles. The van der Waals surface area contributed by atoms with Crippen molar-refractivity contribution in [2.45, 2.75) is 274 Å². The largest absolute Gasteiger partial charge is 0.460 e. The third-order valence-electron chi connectivity index (χ3n) is 19.6. The summed E-state index contributed by atoms with van der Waals surface area (Å²) in [5, 5.41) is 162. The average molecular weight is 1280 g/mol. The van der Waals surface area contributed by atoms with Crippen molar-refractivity contribution in [3.63, 3.8) is 0 Å². The third kappa shape index (κ3) is 16.9. The third-order valence-corrected chi connectivity index (χ3v) is 19.6. The van der Waals surface area contributed by atoms with Gasteiger partial charge in [-0.15, -0.1) is 0 Å². The van der Waals surface area contributed by atoms with Crippen LogP contribution in [0.4, 0.5) is 0 Å². The molecule has 0 amide bonds. The average Bonchev–Trinajstić information content (AvgIpc) is 1.16. The lowest BCUT2D eigenvalue weighted by Gasteiger charge is -2.50. The number of esters is 2. The molecule has 510 valence electrons. The molecule has 9 fully saturated rings. The van der Waals surface area contributed by atoms with Crippen molar-refractivity contribution >= 4 is 11.9 Å². The van der Waals surface area contributed by atoms with Crippen LogP contribution in [0.2, 0.25) is 0 Å². The highest BCUT2D eigenvalue weighted by molar-refractivity contribution is 5.82. The van der Waals surface area contributed by atoms with E-state index in [4.69, 9.17) is 61.6 Å². The van der Waals surface area contributed by atoms with Crippen LogP contribution in [0.15, 0.2) is 24.3 Å². The summed E-state index contributed by atoms with van der Waals surface area (Å²) in [6.45, 7) is -0.269. The Bertz CT molecular complexity index is 2250. The Morgan fingerprint density at radius 3 is 1.56 bits per heavy atom. The number of carbonyl (C=O) groups excluding carboxylic acids is 2. The summed E-state index contributed by atoms with van der Waals surface area (Å²) in [6.07, 6.45) is -27.7. The standard InChI is InChI=1S/C59H94O30/c1-24-54(89-41(64)15-9-26-6-12-30(13-7-26)82-57-50(73)47(70)44(67)38(87-57)22-79-40(63)14-8-25-4-10-28(61)11-5-25)49(72)53(76)56(81-24)80-23-39-45(68)48(71)52(75)59(88-39)85-36-20-31-32(83-55(36)27-16-34(77-2)42(65)35(17-27)78-3)18-29(62)19-33(31)84-58-51(74)46(69)43(66)37(21-60)86-58/h8-9,14-15,24-39,42-62,65-76H,4-7,10-13,16-23H2,1-3H3/p+1/t24-,25?,26?,27?,28?,29?,30?,31?,32?,33?,34?,35?,36?,37+,38+,39+,42?,43+,44+,45+,46-,47-,48-,49+,50+,51-,52+,53+,54+,55?,56+,57+,58+,59+/m1/s1. The minimum Gasteiger partial charge on any atom is -0.460 e. The van der Waals surface area contributed by atoms with E-state index in [0.29, 0.717) is 38.5 Å². The van der Waals surface area contributed by atoms with Crippen LogP contribution in [-0.4, -0.2) is 311 Å². The van der Waals surface area contributed by atoms with Gasteiger partial charge in [-0.1, -0.05) is 12.2 Å². The molecule has 4 saturated carbocycles. The van der Waals surface area contributed by atoms with E-state index in [-0.39, 0.29) is 50.0 Å². The fourth-order valence-corrected chi connectivity index (χ4v) is 14.2. The van der Waals surface area contributed by atoms with Gasteiger partial charge < -0.3 is 138 Å². The van der Waals surface area contributed by atoms with Crippen molar-refractivity contribution in [1.82, 2.24) is 0 Å². The number of hydrogen-bond donors (Lipinski definition) is 15. The van der Waals surface area contributed by atoms with Gasteiger partial charge in [0.05, 0.1) is 61.9 Å². The van der Waals surface area contributed by atoms with Crippen molar-refractivity contribution in [3.05, 3.63) is 24.3 Å². The summed E-state index contributed by atoms with van der Waals surface area (Å²) in [5.74, 6) is -2.52. The number of ether oxygens (including phenoxy) is 13. The molecule has 5 aliphatic heterocycles. The Labute approximate surface area is 514 Å². The molecule has 30 heteroatoms. The Balaban J connectivity index is 0.765. The first-order valence-electron chi connectivity index (χ1n) is 31.3. The lowest BCUT2D eigenvalue weighted by atomic mass is 9.72. The zero-order chi connectivity index (χ0) is 64.1. The molecule has 89 heavy (non-hydrogen) atoms. The van der Waals surface area contributed by atoms with E-state index < -0.39 is 221 Å². The molecule has 9 aliphatic rings. The number of carbonyl (C=O) groups is 2. The molecule has 16 N–H and O–H groups in total. The van der Waals surface area contributed by atoms with Crippen LogP contribution in [0.1, 0.15) is 90.4 Å². The van der Waals surface area contributed by atoms with E-state index >= 15 is 0 Å². The number of allylic oxidation sites excluding steroid dienone is 2.